The van der Waals surface area contributed by atoms with Gasteiger partial charge in [-0.25, -0.2) is 9.97 Å². The Morgan fingerprint density at radius 3 is 2.55 bits per heavy atom. The van der Waals surface area contributed by atoms with E-state index in [1.54, 1.807) is 12.3 Å². The molecule has 0 unspecified atom stereocenters. The number of aromatic nitrogens is 2. The Morgan fingerprint density at radius 2 is 1.68 bits per heavy atom. The first-order valence-corrected chi connectivity index (χ1v) is 7.26. The summed E-state index contributed by atoms with van der Waals surface area (Å²) in [6, 6.07) is 19.4. The van der Waals surface area contributed by atoms with Gasteiger partial charge < -0.3 is 4.42 Å². The Hall–Kier alpha value is -2.65. The van der Waals surface area contributed by atoms with Crippen molar-refractivity contribution in [3.63, 3.8) is 0 Å². The van der Waals surface area contributed by atoms with E-state index in [2.05, 4.69) is 9.97 Å². The fourth-order valence-corrected chi connectivity index (χ4v) is 2.63. The van der Waals surface area contributed by atoms with Crippen LogP contribution in [0.25, 0.3) is 33.8 Å². The van der Waals surface area contributed by atoms with Gasteiger partial charge in [-0.2, -0.15) is 0 Å². The number of benzene rings is 2. The average molecular weight is 307 g/mol. The smallest absolute Gasteiger partial charge is 0.245 e. The molecule has 4 aromatic rings. The number of pyridine rings is 1. The predicted molar refractivity (Wildman–Crippen MR) is 87.7 cm³/mol. The van der Waals surface area contributed by atoms with Crippen LogP contribution in [0.2, 0.25) is 5.02 Å². The van der Waals surface area contributed by atoms with Crippen molar-refractivity contribution < 1.29 is 4.42 Å². The first-order chi connectivity index (χ1) is 10.8. The molecule has 0 fully saturated rings. The molecule has 4 rings (SSSR count). The molecule has 0 amide bonds. The van der Waals surface area contributed by atoms with Crippen LogP contribution >= 0.6 is 11.6 Å². The molecule has 0 bridgehead atoms. The zero-order valence-corrected chi connectivity index (χ0v) is 12.3. The standard InChI is InChI=1S/C18H11ClN2O/c19-14-10-16(21-15-9-5-4-8-13(14)15)18-20-11-17(22-18)12-6-2-1-3-7-12/h1-11H. The van der Waals surface area contributed by atoms with Crippen LogP contribution in [-0.4, -0.2) is 9.97 Å². The van der Waals surface area contributed by atoms with Crippen molar-refractivity contribution in [1.82, 2.24) is 9.97 Å². The van der Waals surface area contributed by atoms with Crippen molar-refractivity contribution in [2.75, 3.05) is 0 Å². The van der Waals surface area contributed by atoms with Crippen molar-refractivity contribution >= 4 is 22.5 Å². The van der Waals surface area contributed by atoms with Gasteiger partial charge in [-0.1, -0.05) is 60.1 Å². The van der Waals surface area contributed by atoms with Crippen LogP contribution in [0.5, 0.6) is 0 Å². The van der Waals surface area contributed by atoms with Crippen molar-refractivity contribution in [2.45, 2.75) is 0 Å². The summed E-state index contributed by atoms with van der Waals surface area (Å²) >= 11 is 6.33. The molecule has 0 aliphatic rings. The fourth-order valence-electron chi connectivity index (χ4n) is 2.37. The zero-order chi connectivity index (χ0) is 14.9. The topological polar surface area (TPSA) is 38.9 Å². The minimum absolute atomic E-state index is 0.464. The molecule has 2 aromatic carbocycles. The van der Waals surface area contributed by atoms with Crippen molar-refractivity contribution in [3.05, 3.63) is 71.9 Å². The third-order valence-corrected chi connectivity index (χ3v) is 3.76. The summed E-state index contributed by atoms with van der Waals surface area (Å²) in [5.74, 6) is 1.17. The van der Waals surface area contributed by atoms with Gasteiger partial charge in [0.15, 0.2) is 5.76 Å². The van der Waals surface area contributed by atoms with E-state index in [1.165, 1.54) is 0 Å². The molecule has 0 radical (unpaired) electrons. The summed E-state index contributed by atoms with van der Waals surface area (Å²) in [7, 11) is 0. The van der Waals surface area contributed by atoms with Gasteiger partial charge in [-0.15, -0.1) is 0 Å². The highest BCUT2D eigenvalue weighted by atomic mass is 35.5. The molecule has 0 N–H and O–H groups in total. The molecular formula is C18H11ClN2O. The third kappa shape index (κ3) is 2.26. The average Bonchev–Trinajstić information content (AvgIpc) is 3.06. The Balaban J connectivity index is 1.81. The zero-order valence-electron chi connectivity index (χ0n) is 11.5. The lowest BCUT2D eigenvalue weighted by Gasteiger charge is -2.02. The monoisotopic (exact) mass is 306 g/mol. The molecule has 0 saturated heterocycles. The van der Waals surface area contributed by atoms with Gasteiger partial charge >= 0.3 is 0 Å². The molecule has 0 saturated carbocycles. The van der Waals surface area contributed by atoms with Crippen molar-refractivity contribution in [3.8, 4) is 22.9 Å². The van der Waals surface area contributed by atoms with E-state index in [-0.39, 0.29) is 0 Å². The molecule has 0 atom stereocenters. The number of oxazole rings is 1. The summed E-state index contributed by atoms with van der Waals surface area (Å²) in [4.78, 5) is 8.90. The maximum Gasteiger partial charge on any atom is 0.245 e. The number of nitrogens with zero attached hydrogens (tertiary/aromatic N) is 2. The fraction of sp³-hybridized carbons (Fsp3) is 0. The van der Waals surface area contributed by atoms with Gasteiger partial charge in [0.25, 0.3) is 0 Å². The molecule has 22 heavy (non-hydrogen) atoms. The van der Waals surface area contributed by atoms with E-state index in [0.29, 0.717) is 22.4 Å². The van der Waals surface area contributed by atoms with Crippen LogP contribution in [0.4, 0.5) is 0 Å². The van der Waals surface area contributed by atoms with Crippen LogP contribution in [0, 0.1) is 0 Å². The van der Waals surface area contributed by atoms with E-state index in [0.717, 1.165) is 16.5 Å². The van der Waals surface area contributed by atoms with E-state index in [4.69, 9.17) is 16.0 Å². The number of hydrogen-bond donors (Lipinski definition) is 0. The molecule has 3 nitrogen and oxygen atoms in total. The minimum Gasteiger partial charge on any atom is -0.435 e. The number of rotatable bonds is 2. The molecule has 2 aromatic heterocycles. The quantitative estimate of drug-likeness (QED) is 0.510. The van der Waals surface area contributed by atoms with Crippen LogP contribution in [0.3, 0.4) is 0 Å². The molecule has 0 aliphatic heterocycles. The van der Waals surface area contributed by atoms with E-state index in [1.807, 2.05) is 54.6 Å². The van der Waals surface area contributed by atoms with Gasteiger partial charge in [-0.05, 0) is 12.1 Å². The SMILES string of the molecule is Clc1cc(-c2ncc(-c3ccccc3)o2)nc2ccccc12. The number of halogens is 1. The number of para-hydroxylation sites is 1. The third-order valence-electron chi connectivity index (χ3n) is 3.45. The van der Waals surface area contributed by atoms with E-state index < -0.39 is 0 Å². The van der Waals surface area contributed by atoms with Crippen molar-refractivity contribution in [1.29, 1.82) is 0 Å². The first-order valence-electron chi connectivity index (χ1n) is 6.88. The lowest BCUT2D eigenvalue weighted by Crippen LogP contribution is -1.86. The normalized spacial score (nSPS) is 11.0. The summed E-state index contributed by atoms with van der Waals surface area (Å²) in [5, 5.41) is 1.56. The minimum atomic E-state index is 0.464. The highest BCUT2D eigenvalue weighted by Gasteiger charge is 2.12. The second-order valence-corrected chi connectivity index (χ2v) is 5.31. The number of fused-ring (bicyclic) bond motifs is 1. The maximum absolute atomic E-state index is 6.33. The van der Waals surface area contributed by atoms with Gasteiger partial charge in [-0.3, -0.25) is 0 Å². The molecule has 0 spiro atoms. The maximum atomic E-state index is 6.33. The lowest BCUT2D eigenvalue weighted by atomic mass is 10.2. The second kappa shape index (κ2) is 5.28. The first kappa shape index (κ1) is 13.0. The van der Waals surface area contributed by atoms with Gasteiger partial charge in [0.1, 0.15) is 5.69 Å². The summed E-state index contributed by atoms with van der Waals surface area (Å²) < 4.78 is 5.83. The molecular weight excluding hydrogens is 296 g/mol. The molecule has 0 aliphatic carbocycles. The number of hydrogen-bond acceptors (Lipinski definition) is 3. The largest absolute Gasteiger partial charge is 0.435 e. The van der Waals surface area contributed by atoms with E-state index >= 15 is 0 Å². The Kier molecular flexibility index (Phi) is 3.13. The lowest BCUT2D eigenvalue weighted by molar-refractivity contribution is 0.586. The second-order valence-electron chi connectivity index (χ2n) is 4.90. The predicted octanol–water partition coefficient (Wildman–Crippen LogP) is 5.21. The highest BCUT2D eigenvalue weighted by Crippen LogP contribution is 2.29. The van der Waals surface area contributed by atoms with Crippen LogP contribution in [-0.2, 0) is 0 Å². The van der Waals surface area contributed by atoms with Crippen LogP contribution in [0.1, 0.15) is 0 Å². The Morgan fingerprint density at radius 1 is 0.909 bits per heavy atom. The van der Waals surface area contributed by atoms with Gasteiger partial charge in [0.2, 0.25) is 5.89 Å². The summed E-state index contributed by atoms with van der Waals surface area (Å²) in [6.07, 6.45) is 1.70. The van der Waals surface area contributed by atoms with Gasteiger partial charge in [0, 0.05) is 10.9 Å². The van der Waals surface area contributed by atoms with Crippen LogP contribution in [0.15, 0.2) is 71.3 Å². The molecule has 4 heteroatoms. The van der Waals surface area contributed by atoms with Crippen molar-refractivity contribution in [2.24, 2.45) is 0 Å². The summed E-state index contributed by atoms with van der Waals surface area (Å²) in [6.45, 7) is 0. The van der Waals surface area contributed by atoms with Gasteiger partial charge in [0.05, 0.1) is 16.7 Å². The summed E-state index contributed by atoms with van der Waals surface area (Å²) in [5.41, 5.74) is 2.43. The molecule has 106 valence electrons. The van der Waals surface area contributed by atoms with Crippen LogP contribution < -0.4 is 0 Å². The highest BCUT2D eigenvalue weighted by molar-refractivity contribution is 6.35. The molecule has 2 heterocycles. The Bertz CT molecular complexity index is 948. The van der Waals surface area contributed by atoms with E-state index in [9.17, 15) is 0 Å². The Labute approximate surface area is 132 Å².